The summed E-state index contributed by atoms with van der Waals surface area (Å²) in [6.07, 6.45) is 0. The summed E-state index contributed by atoms with van der Waals surface area (Å²) in [5.74, 6) is -0.842. The topological polar surface area (TPSA) is 59.4 Å². The number of fused-ring (bicyclic) bond motifs is 1. The van der Waals surface area contributed by atoms with Gasteiger partial charge in [-0.3, -0.25) is 0 Å². The first-order valence-corrected chi connectivity index (χ1v) is 6.56. The highest BCUT2D eigenvalue weighted by Gasteiger charge is 2.13. The molecule has 2 aromatic carbocycles. The van der Waals surface area contributed by atoms with Gasteiger partial charge in [-0.25, -0.2) is 14.2 Å². The van der Waals surface area contributed by atoms with E-state index >= 15 is 0 Å². The Kier molecular flexibility index (Phi) is 3.47. The Morgan fingerprint density at radius 2 is 1.86 bits per heavy atom. The van der Waals surface area contributed by atoms with Crippen LogP contribution in [-0.4, -0.2) is 23.2 Å². The van der Waals surface area contributed by atoms with Gasteiger partial charge < -0.3 is 9.84 Å². The van der Waals surface area contributed by atoms with Gasteiger partial charge in [0.2, 0.25) is 0 Å². The van der Waals surface area contributed by atoms with Crippen molar-refractivity contribution in [3.05, 3.63) is 59.9 Å². The Morgan fingerprint density at radius 1 is 1.14 bits per heavy atom. The minimum atomic E-state index is -1.08. The summed E-state index contributed by atoms with van der Waals surface area (Å²) in [5, 5.41) is 9.77. The fraction of sp³-hybridized carbons (Fsp3) is 0.0588. The van der Waals surface area contributed by atoms with Crippen molar-refractivity contribution in [2.24, 2.45) is 0 Å². The van der Waals surface area contributed by atoms with Crippen molar-refractivity contribution in [1.82, 2.24) is 4.98 Å². The largest absolute Gasteiger partial charge is 0.497 e. The maximum absolute atomic E-state index is 13.4. The van der Waals surface area contributed by atoms with E-state index in [2.05, 4.69) is 4.98 Å². The zero-order chi connectivity index (χ0) is 15.7. The van der Waals surface area contributed by atoms with Crippen LogP contribution in [-0.2, 0) is 0 Å². The van der Waals surface area contributed by atoms with Gasteiger partial charge in [0.25, 0.3) is 0 Å². The lowest BCUT2D eigenvalue weighted by Gasteiger charge is -2.08. The zero-order valence-corrected chi connectivity index (χ0v) is 11.7. The van der Waals surface area contributed by atoms with Gasteiger partial charge in [0, 0.05) is 17.0 Å². The molecule has 0 aliphatic heterocycles. The Hall–Kier alpha value is -2.95. The number of aromatic carboxylic acids is 1. The Morgan fingerprint density at radius 3 is 2.50 bits per heavy atom. The average molecular weight is 297 g/mol. The molecule has 0 amide bonds. The molecule has 0 saturated carbocycles. The predicted octanol–water partition coefficient (Wildman–Crippen LogP) is 3.75. The first-order chi connectivity index (χ1) is 10.6. The first-order valence-electron chi connectivity index (χ1n) is 6.56. The van der Waals surface area contributed by atoms with E-state index in [1.807, 2.05) is 0 Å². The van der Waals surface area contributed by atoms with Crippen molar-refractivity contribution in [3.8, 4) is 17.0 Å². The third-order valence-electron chi connectivity index (χ3n) is 3.39. The minimum absolute atomic E-state index is 0.0934. The molecule has 0 atom stereocenters. The molecule has 0 fully saturated rings. The summed E-state index contributed by atoms with van der Waals surface area (Å²) in [5.41, 5.74) is 1.61. The van der Waals surface area contributed by atoms with Gasteiger partial charge in [0.15, 0.2) is 0 Å². The van der Waals surface area contributed by atoms with Gasteiger partial charge in [0.1, 0.15) is 11.6 Å². The molecule has 1 N–H and O–H groups in total. The number of hydrogen-bond acceptors (Lipinski definition) is 3. The Labute approximate surface area is 125 Å². The van der Waals surface area contributed by atoms with Gasteiger partial charge in [0.05, 0.1) is 23.9 Å². The van der Waals surface area contributed by atoms with Gasteiger partial charge in [-0.05, 0) is 42.5 Å². The number of pyridine rings is 1. The maximum atomic E-state index is 13.4. The fourth-order valence-electron chi connectivity index (χ4n) is 2.29. The SMILES string of the molecule is COc1ccc(-c2cc(C(=O)O)c3ccc(F)cc3n2)cc1. The normalized spacial score (nSPS) is 10.6. The third kappa shape index (κ3) is 2.48. The summed E-state index contributed by atoms with van der Waals surface area (Å²) in [6, 6.07) is 12.4. The van der Waals surface area contributed by atoms with Crippen LogP contribution in [0.3, 0.4) is 0 Å². The molecule has 4 nitrogen and oxygen atoms in total. The predicted molar refractivity (Wildman–Crippen MR) is 80.6 cm³/mol. The van der Waals surface area contributed by atoms with Crippen molar-refractivity contribution < 1.29 is 19.0 Å². The number of benzene rings is 2. The number of aromatic nitrogens is 1. The Balaban J connectivity index is 2.22. The van der Waals surface area contributed by atoms with Crippen molar-refractivity contribution in [3.63, 3.8) is 0 Å². The number of carboxylic acids is 1. The molecule has 1 aromatic heterocycles. The number of carboxylic acid groups (broad SMARTS) is 1. The molecule has 1 heterocycles. The van der Waals surface area contributed by atoms with E-state index in [9.17, 15) is 14.3 Å². The van der Waals surface area contributed by atoms with Crippen molar-refractivity contribution >= 4 is 16.9 Å². The number of ether oxygens (including phenoxy) is 1. The number of rotatable bonds is 3. The molecule has 0 bridgehead atoms. The van der Waals surface area contributed by atoms with E-state index in [0.29, 0.717) is 22.3 Å². The van der Waals surface area contributed by atoms with Crippen LogP contribution in [0, 0.1) is 5.82 Å². The van der Waals surface area contributed by atoms with E-state index in [1.165, 1.54) is 24.3 Å². The molecule has 0 spiro atoms. The summed E-state index contributed by atoms with van der Waals surface area (Å²) >= 11 is 0. The number of hydrogen-bond donors (Lipinski definition) is 1. The van der Waals surface area contributed by atoms with Crippen molar-refractivity contribution in [1.29, 1.82) is 0 Å². The van der Waals surface area contributed by atoms with Crippen LogP contribution in [0.4, 0.5) is 4.39 Å². The molecule has 0 unspecified atom stereocenters. The molecule has 0 radical (unpaired) electrons. The van der Waals surface area contributed by atoms with Gasteiger partial charge in [-0.15, -0.1) is 0 Å². The van der Waals surface area contributed by atoms with Crippen LogP contribution < -0.4 is 4.74 Å². The van der Waals surface area contributed by atoms with Crippen LogP contribution in [0.15, 0.2) is 48.5 Å². The van der Waals surface area contributed by atoms with Gasteiger partial charge >= 0.3 is 5.97 Å². The van der Waals surface area contributed by atoms with E-state index in [1.54, 1.807) is 31.4 Å². The molecule has 3 rings (SSSR count). The molecule has 0 aliphatic rings. The molecule has 110 valence electrons. The smallest absolute Gasteiger partial charge is 0.336 e. The quantitative estimate of drug-likeness (QED) is 0.800. The van der Waals surface area contributed by atoms with Crippen LogP contribution in [0.2, 0.25) is 0 Å². The summed E-state index contributed by atoms with van der Waals surface area (Å²) in [4.78, 5) is 15.8. The lowest BCUT2D eigenvalue weighted by atomic mass is 10.0. The van der Waals surface area contributed by atoms with Gasteiger partial charge in [-0.2, -0.15) is 0 Å². The van der Waals surface area contributed by atoms with E-state index in [0.717, 1.165) is 5.56 Å². The number of halogens is 1. The summed E-state index contributed by atoms with van der Waals surface area (Å²) in [7, 11) is 1.56. The van der Waals surface area contributed by atoms with Crippen LogP contribution in [0.1, 0.15) is 10.4 Å². The second-order valence-corrected chi connectivity index (χ2v) is 4.75. The number of methoxy groups -OCH3 is 1. The standard InChI is InChI=1S/C17H12FNO3/c1-22-12-5-2-10(3-6-12)15-9-14(17(20)21)13-7-4-11(18)8-16(13)19-15/h2-9H,1H3,(H,20,21). The average Bonchev–Trinajstić information content (AvgIpc) is 2.53. The minimum Gasteiger partial charge on any atom is -0.497 e. The second kappa shape index (κ2) is 5.44. The first kappa shape index (κ1) is 14.0. The number of nitrogens with zero attached hydrogens (tertiary/aromatic N) is 1. The fourth-order valence-corrected chi connectivity index (χ4v) is 2.29. The zero-order valence-electron chi connectivity index (χ0n) is 11.7. The molecular formula is C17H12FNO3. The van der Waals surface area contributed by atoms with Gasteiger partial charge in [-0.1, -0.05) is 0 Å². The van der Waals surface area contributed by atoms with Crippen LogP contribution in [0.5, 0.6) is 5.75 Å². The van der Waals surface area contributed by atoms with E-state index in [-0.39, 0.29) is 5.56 Å². The van der Waals surface area contributed by atoms with Crippen LogP contribution >= 0.6 is 0 Å². The van der Waals surface area contributed by atoms with E-state index in [4.69, 9.17) is 4.74 Å². The highest BCUT2D eigenvalue weighted by Crippen LogP contribution is 2.26. The molecule has 0 saturated heterocycles. The molecule has 3 aromatic rings. The molecule has 22 heavy (non-hydrogen) atoms. The second-order valence-electron chi connectivity index (χ2n) is 4.75. The van der Waals surface area contributed by atoms with Crippen LogP contribution in [0.25, 0.3) is 22.2 Å². The van der Waals surface area contributed by atoms with Crippen molar-refractivity contribution in [2.45, 2.75) is 0 Å². The van der Waals surface area contributed by atoms with Crippen molar-refractivity contribution in [2.75, 3.05) is 7.11 Å². The third-order valence-corrected chi connectivity index (χ3v) is 3.39. The lowest BCUT2D eigenvalue weighted by Crippen LogP contribution is -2.00. The highest BCUT2D eigenvalue weighted by atomic mass is 19.1. The van der Waals surface area contributed by atoms with E-state index < -0.39 is 11.8 Å². The Bertz CT molecular complexity index is 860. The summed E-state index contributed by atoms with van der Waals surface area (Å²) in [6.45, 7) is 0. The maximum Gasteiger partial charge on any atom is 0.336 e. The number of carbonyl (C=O) groups is 1. The molecule has 0 aliphatic carbocycles. The molecular weight excluding hydrogens is 285 g/mol. The molecule has 5 heteroatoms. The summed E-state index contributed by atoms with van der Waals surface area (Å²) < 4.78 is 18.5. The monoisotopic (exact) mass is 297 g/mol. The highest BCUT2D eigenvalue weighted by molar-refractivity contribution is 6.03. The lowest BCUT2D eigenvalue weighted by molar-refractivity contribution is 0.0699.